The van der Waals surface area contributed by atoms with Gasteiger partial charge in [0.1, 0.15) is 18.1 Å². The molecule has 204 valence electrons. The minimum absolute atomic E-state index is 0.207. The van der Waals surface area contributed by atoms with E-state index in [0.29, 0.717) is 50.9 Å². The van der Waals surface area contributed by atoms with E-state index < -0.39 is 47.9 Å². The number of aliphatic carboxylic acids is 1. The standard InChI is InChI=1S/C23H42N8O5/c1-14(2)19(23(35)36)31-22(34)18(8-4-6-10-25)30-21(33)17(7-3-5-9-24)29-20(32)16(26)11-15-12-27-13-28-15/h12-14,16-19H,3-11,24-26H2,1-2H3,(H,27,28)(H,29,32)(H,30,33)(H,31,34)(H,35,36). The largest absolute Gasteiger partial charge is 0.480 e. The summed E-state index contributed by atoms with van der Waals surface area (Å²) in [6, 6.07) is -3.95. The van der Waals surface area contributed by atoms with Gasteiger partial charge in [-0.2, -0.15) is 0 Å². The number of hydrogen-bond acceptors (Lipinski definition) is 8. The van der Waals surface area contributed by atoms with Gasteiger partial charge in [-0.25, -0.2) is 9.78 Å². The lowest BCUT2D eigenvalue weighted by Gasteiger charge is -2.26. The number of rotatable bonds is 18. The van der Waals surface area contributed by atoms with Crippen LogP contribution in [0.4, 0.5) is 0 Å². The fourth-order valence-corrected chi connectivity index (χ4v) is 3.57. The summed E-state index contributed by atoms with van der Waals surface area (Å²) < 4.78 is 0. The first-order valence-corrected chi connectivity index (χ1v) is 12.4. The van der Waals surface area contributed by atoms with Crippen LogP contribution < -0.4 is 33.2 Å². The van der Waals surface area contributed by atoms with E-state index in [9.17, 15) is 24.3 Å². The van der Waals surface area contributed by atoms with E-state index in [1.165, 1.54) is 6.33 Å². The molecule has 1 rings (SSSR count). The molecule has 0 bridgehead atoms. The first-order chi connectivity index (χ1) is 17.1. The van der Waals surface area contributed by atoms with Gasteiger partial charge in [-0.05, 0) is 57.5 Å². The van der Waals surface area contributed by atoms with Crippen molar-refractivity contribution >= 4 is 23.7 Å². The summed E-state index contributed by atoms with van der Waals surface area (Å²) in [5.74, 6) is -3.20. The van der Waals surface area contributed by atoms with E-state index in [-0.39, 0.29) is 18.8 Å². The molecule has 0 saturated carbocycles. The first-order valence-electron chi connectivity index (χ1n) is 12.4. The minimum Gasteiger partial charge on any atom is -0.480 e. The molecule has 1 aromatic rings. The highest BCUT2D eigenvalue weighted by Gasteiger charge is 2.31. The molecule has 13 nitrogen and oxygen atoms in total. The molecule has 0 radical (unpaired) electrons. The molecule has 1 heterocycles. The maximum absolute atomic E-state index is 13.2. The number of hydrogen-bond donors (Lipinski definition) is 8. The van der Waals surface area contributed by atoms with Crippen molar-refractivity contribution in [3.63, 3.8) is 0 Å². The third-order valence-electron chi connectivity index (χ3n) is 5.72. The van der Waals surface area contributed by atoms with Crippen LogP contribution >= 0.6 is 0 Å². The molecule has 1 aromatic heterocycles. The second-order valence-electron chi connectivity index (χ2n) is 9.15. The van der Waals surface area contributed by atoms with Gasteiger partial charge >= 0.3 is 5.97 Å². The Hall–Kier alpha value is -3.03. The Bertz CT molecular complexity index is 817. The molecular formula is C23H42N8O5. The van der Waals surface area contributed by atoms with Gasteiger partial charge in [-0.3, -0.25) is 14.4 Å². The first kappa shape index (κ1) is 31.0. The molecule has 11 N–H and O–H groups in total. The van der Waals surface area contributed by atoms with Gasteiger partial charge in [0.15, 0.2) is 0 Å². The number of nitrogens with zero attached hydrogens (tertiary/aromatic N) is 1. The van der Waals surface area contributed by atoms with Crippen LogP contribution in [0.2, 0.25) is 0 Å². The molecule has 36 heavy (non-hydrogen) atoms. The Balaban J connectivity index is 2.95. The van der Waals surface area contributed by atoms with Crippen molar-refractivity contribution in [2.45, 2.75) is 83.0 Å². The van der Waals surface area contributed by atoms with Crippen LogP contribution in [0.15, 0.2) is 12.5 Å². The van der Waals surface area contributed by atoms with E-state index in [1.807, 2.05) is 0 Å². The summed E-state index contributed by atoms with van der Waals surface area (Å²) in [5.41, 5.74) is 17.8. The molecule has 0 aliphatic rings. The predicted molar refractivity (Wildman–Crippen MR) is 134 cm³/mol. The van der Waals surface area contributed by atoms with E-state index in [2.05, 4.69) is 25.9 Å². The zero-order chi connectivity index (χ0) is 27.1. The third-order valence-corrected chi connectivity index (χ3v) is 5.72. The van der Waals surface area contributed by atoms with Gasteiger partial charge in [0.2, 0.25) is 17.7 Å². The number of imidazole rings is 1. The summed E-state index contributed by atoms with van der Waals surface area (Å²) in [6.07, 6.45) is 6.21. The number of nitrogens with two attached hydrogens (primary N) is 3. The van der Waals surface area contributed by atoms with Crippen molar-refractivity contribution in [1.29, 1.82) is 0 Å². The van der Waals surface area contributed by atoms with E-state index >= 15 is 0 Å². The molecule has 0 aliphatic carbocycles. The lowest BCUT2D eigenvalue weighted by molar-refractivity contribution is -0.143. The smallest absolute Gasteiger partial charge is 0.326 e. The molecule has 4 atom stereocenters. The predicted octanol–water partition coefficient (Wildman–Crippen LogP) is -1.27. The molecule has 0 aliphatic heterocycles. The second-order valence-corrected chi connectivity index (χ2v) is 9.15. The van der Waals surface area contributed by atoms with E-state index in [0.717, 1.165) is 0 Å². The van der Waals surface area contributed by atoms with Gasteiger partial charge in [-0.15, -0.1) is 0 Å². The van der Waals surface area contributed by atoms with Crippen molar-refractivity contribution in [2.75, 3.05) is 13.1 Å². The molecular weight excluding hydrogens is 468 g/mol. The highest BCUT2D eigenvalue weighted by atomic mass is 16.4. The van der Waals surface area contributed by atoms with Crippen molar-refractivity contribution in [3.05, 3.63) is 18.2 Å². The Kier molecular flexibility index (Phi) is 14.3. The number of aromatic nitrogens is 2. The average molecular weight is 511 g/mol. The lowest BCUT2D eigenvalue weighted by Crippen LogP contribution is -2.57. The number of nitrogens with one attached hydrogen (secondary N) is 4. The molecule has 4 unspecified atom stereocenters. The highest BCUT2D eigenvalue weighted by molar-refractivity contribution is 5.94. The van der Waals surface area contributed by atoms with Crippen LogP contribution in [0.3, 0.4) is 0 Å². The number of carbonyl (C=O) groups is 4. The summed E-state index contributed by atoms with van der Waals surface area (Å²) in [7, 11) is 0. The van der Waals surface area contributed by atoms with Gasteiger partial charge in [0.25, 0.3) is 0 Å². The topological polar surface area (TPSA) is 231 Å². The minimum atomic E-state index is -1.16. The number of H-pyrrole nitrogens is 1. The van der Waals surface area contributed by atoms with Crippen LogP contribution in [-0.2, 0) is 25.6 Å². The Morgan fingerprint density at radius 1 is 0.917 bits per heavy atom. The summed E-state index contributed by atoms with van der Waals surface area (Å²) in [4.78, 5) is 57.1. The second kappa shape index (κ2) is 16.6. The average Bonchev–Trinajstić information content (AvgIpc) is 3.33. The van der Waals surface area contributed by atoms with Crippen LogP contribution in [-0.4, -0.2) is 76.0 Å². The molecule has 0 aromatic carbocycles. The molecule has 13 heteroatoms. The number of unbranched alkanes of at least 4 members (excludes halogenated alkanes) is 2. The third kappa shape index (κ3) is 11.1. The Morgan fingerprint density at radius 2 is 1.44 bits per heavy atom. The molecule has 0 saturated heterocycles. The zero-order valence-electron chi connectivity index (χ0n) is 21.2. The number of aromatic amines is 1. The fraction of sp³-hybridized carbons (Fsp3) is 0.696. The van der Waals surface area contributed by atoms with Gasteiger partial charge in [0.05, 0.1) is 12.4 Å². The van der Waals surface area contributed by atoms with Crippen molar-refractivity contribution < 1.29 is 24.3 Å². The quantitative estimate of drug-likeness (QED) is 0.110. The Labute approximate surface area is 211 Å². The van der Waals surface area contributed by atoms with Crippen molar-refractivity contribution in [1.82, 2.24) is 25.9 Å². The number of carboxylic acid groups (broad SMARTS) is 1. The van der Waals surface area contributed by atoms with Crippen LogP contribution in [0.25, 0.3) is 0 Å². The summed E-state index contributed by atoms with van der Waals surface area (Å²) in [5, 5.41) is 17.3. The van der Waals surface area contributed by atoms with Crippen molar-refractivity contribution in [3.8, 4) is 0 Å². The maximum Gasteiger partial charge on any atom is 0.326 e. The summed E-state index contributed by atoms with van der Waals surface area (Å²) in [6.45, 7) is 4.20. The van der Waals surface area contributed by atoms with Crippen LogP contribution in [0, 0.1) is 5.92 Å². The van der Waals surface area contributed by atoms with Gasteiger partial charge < -0.3 is 43.2 Å². The van der Waals surface area contributed by atoms with Crippen LogP contribution in [0.1, 0.15) is 58.1 Å². The Morgan fingerprint density at radius 3 is 1.89 bits per heavy atom. The fourth-order valence-electron chi connectivity index (χ4n) is 3.57. The summed E-state index contributed by atoms with van der Waals surface area (Å²) >= 11 is 0. The zero-order valence-corrected chi connectivity index (χ0v) is 21.2. The number of carbonyl (C=O) groups excluding carboxylic acids is 3. The molecule has 0 spiro atoms. The van der Waals surface area contributed by atoms with Crippen LogP contribution in [0.5, 0.6) is 0 Å². The van der Waals surface area contributed by atoms with Crippen molar-refractivity contribution in [2.24, 2.45) is 23.1 Å². The lowest BCUT2D eigenvalue weighted by atomic mass is 10.0. The monoisotopic (exact) mass is 510 g/mol. The van der Waals surface area contributed by atoms with E-state index in [1.54, 1.807) is 20.0 Å². The molecule has 3 amide bonds. The normalized spacial score (nSPS) is 14.5. The number of amides is 3. The molecule has 0 fully saturated rings. The van der Waals surface area contributed by atoms with E-state index in [4.69, 9.17) is 17.2 Å². The maximum atomic E-state index is 13.2. The highest BCUT2D eigenvalue weighted by Crippen LogP contribution is 2.08. The number of carboxylic acids is 1. The van der Waals surface area contributed by atoms with Gasteiger partial charge in [-0.1, -0.05) is 13.8 Å². The SMILES string of the molecule is CC(C)C(NC(=O)C(CCCCN)NC(=O)C(CCCCN)NC(=O)C(N)Cc1cnc[nH]1)C(=O)O. The van der Waals surface area contributed by atoms with Gasteiger partial charge in [0, 0.05) is 18.3 Å².